The Kier molecular flexibility index (Phi) is 3.71. The number of hydrogen-bond acceptors (Lipinski definition) is 3. The van der Waals surface area contributed by atoms with Gasteiger partial charge in [-0.1, -0.05) is 18.5 Å². The van der Waals surface area contributed by atoms with E-state index in [-0.39, 0.29) is 0 Å². The molecule has 0 saturated heterocycles. The Morgan fingerprint density at radius 1 is 1.53 bits per heavy atom. The number of benzene rings is 1. The number of aryl methyl sites for hydroxylation is 1. The van der Waals surface area contributed by atoms with Crippen LogP contribution in [0.4, 0.5) is 0 Å². The number of aliphatic carboxylic acids is 1. The van der Waals surface area contributed by atoms with Crippen LogP contribution in [0.25, 0.3) is 11.0 Å². The number of rotatable bonds is 4. The molecule has 0 aliphatic carbocycles. The minimum atomic E-state index is -0.849. The summed E-state index contributed by atoms with van der Waals surface area (Å²) in [5.41, 5.74) is 1.35. The molecule has 0 aliphatic heterocycles. The summed E-state index contributed by atoms with van der Waals surface area (Å²) in [7, 11) is 1.55. The van der Waals surface area contributed by atoms with Crippen LogP contribution < -0.4 is 4.74 Å². The highest BCUT2D eigenvalue weighted by molar-refractivity contribution is 6.36. The molecule has 19 heavy (non-hydrogen) atoms. The number of fused-ring (bicyclic) bond motifs is 1. The van der Waals surface area contributed by atoms with Crippen LogP contribution in [0.5, 0.6) is 5.75 Å². The third-order valence-electron chi connectivity index (χ3n) is 3.07. The molecule has 1 heterocycles. The molecule has 0 bridgehead atoms. The van der Waals surface area contributed by atoms with Crippen molar-refractivity contribution in [2.24, 2.45) is 5.92 Å². The van der Waals surface area contributed by atoms with Gasteiger partial charge in [-0.05, 0) is 31.0 Å². The first-order valence-corrected chi connectivity index (χ1v) is 6.30. The first-order chi connectivity index (χ1) is 8.93. The van der Waals surface area contributed by atoms with Gasteiger partial charge in [0.05, 0.1) is 18.1 Å². The van der Waals surface area contributed by atoms with E-state index in [1.807, 2.05) is 13.0 Å². The van der Waals surface area contributed by atoms with Gasteiger partial charge in [0.2, 0.25) is 0 Å². The first kappa shape index (κ1) is 13.7. The van der Waals surface area contributed by atoms with Crippen LogP contribution in [0.3, 0.4) is 0 Å². The zero-order valence-electron chi connectivity index (χ0n) is 11.0. The Labute approximate surface area is 115 Å². The molecular formula is C14H15ClO4. The van der Waals surface area contributed by atoms with E-state index in [0.29, 0.717) is 22.8 Å². The summed E-state index contributed by atoms with van der Waals surface area (Å²) in [4.78, 5) is 10.9. The summed E-state index contributed by atoms with van der Waals surface area (Å²) in [6.07, 6.45) is 0.352. The predicted molar refractivity (Wildman–Crippen MR) is 73.0 cm³/mol. The van der Waals surface area contributed by atoms with E-state index in [2.05, 4.69) is 0 Å². The van der Waals surface area contributed by atoms with E-state index in [1.165, 1.54) is 0 Å². The number of halogens is 1. The summed E-state index contributed by atoms with van der Waals surface area (Å²) in [6, 6.07) is 3.57. The van der Waals surface area contributed by atoms with Crippen molar-refractivity contribution in [1.29, 1.82) is 0 Å². The Bertz CT molecular complexity index is 630. The molecule has 0 radical (unpaired) electrons. The van der Waals surface area contributed by atoms with Crippen LogP contribution in [-0.4, -0.2) is 18.2 Å². The molecule has 102 valence electrons. The molecule has 1 N–H and O–H groups in total. The second-order valence-electron chi connectivity index (χ2n) is 4.60. The van der Waals surface area contributed by atoms with Crippen LogP contribution in [0.1, 0.15) is 18.2 Å². The molecule has 2 rings (SSSR count). The standard InChI is InChI=1S/C14H15ClO4/c1-7(14(16)17)4-9-6-11(18-3)13-10(12(9)15)5-8(2)19-13/h5-7H,4H2,1-3H3,(H,16,17). The summed E-state index contributed by atoms with van der Waals surface area (Å²) >= 11 is 6.32. The maximum absolute atomic E-state index is 10.9. The van der Waals surface area contributed by atoms with Gasteiger partial charge in [-0.2, -0.15) is 0 Å². The molecule has 1 atom stereocenters. The lowest BCUT2D eigenvalue weighted by Gasteiger charge is -2.11. The van der Waals surface area contributed by atoms with Crippen molar-refractivity contribution >= 4 is 28.5 Å². The highest BCUT2D eigenvalue weighted by atomic mass is 35.5. The third kappa shape index (κ3) is 2.54. The lowest BCUT2D eigenvalue weighted by Crippen LogP contribution is -2.12. The lowest BCUT2D eigenvalue weighted by atomic mass is 9.99. The largest absolute Gasteiger partial charge is 0.493 e. The van der Waals surface area contributed by atoms with Gasteiger partial charge in [0.1, 0.15) is 5.76 Å². The van der Waals surface area contributed by atoms with Crippen LogP contribution in [0.2, 0.25) is 5.02 Å². The number of carboxylic acids is 1. The van der Waals surface area contributed by atoms with E-state index in [0.717, 1.165) is 16.7 Å². The quantitative estimate of drug-likeness (QED) is 0.929. The van der Waals surface area contributed by atoms with Crippen molar-refractivity contribution in [3.8, 4) is 5.75 Å². The number of carboxylic acid groups (broad SMARTS) is 1. The second-order valence-corrected chi connectivity index (χ2v) is 4.97. The van der Waals surface area contributed by atoms with Crippen LogP contribution in [-0.2, 0) is 11.2 Å². The average Bonchev–Trinajstić information content (AvgIpc) is 2.74. The van der Waals surface area contributed by atoms with Crippen molar-refractivity contribution in [3.63, 3.8) is 0 Å². The molecule has 1 unspecified atom stereocenters. The zero-order chi connectivity index (χ0) is 14.2. The van der Waals surface area contributed by atoms with E-state index < -0.39 is 11.9 Å². The number of ether oxygens (including phenoxy) is 1. The summed E-state index contributed by atoms with van der Waals surface area (Å²) in [5.74, 6) is -0.0510. The molecule has 5 heteroatoms. The minimum absolute atomic E-state index is 0.352. The highest BCUT2D eigenvalue weighted by Crippen LogP contribution is 2.37. The molecule has 0 saturated carbocycles. The van der Waals surface area contributed by atoms with Gasteiger partial charge < -0.3 is 14.3 Å². The average molecular weight is 283 g/mol. The smallest absolute Gasteiger partial charge is 0.306 e. The van der Waals surface area contributed by atoms with E-state index >= 15 is 0 Å². The maximum atomic E-state index is 10.9. The van der Waals surface area contributed by atoms with Crippen molar-refractivity contribution in [2.75, 3.05) is 7.11 Å². The normalized spacial score (nSPS) is 12.6. The van der Waals surface area contributed by atoms with Crippen LogP contribution in [0.15, 0.2) is 16.5 Å². The summed E-state index contributed by atoms with van der Waals surface area (Å²) in [6.45, 7) is 3.48. The molecule has 0 amide bonds. The summed E-state index contributed by atoms with van der Waals surface area (Å²) < 4.78 is 10.8. The Hall–Kier alpha value is -1.68. The Morgan fingerprint density at radius 2 is 2.21 bits per heavy atom. The third-order valence-corrected chi connectivity index (χ3v) is 3.52. The van der Waals surface area contributed by atoms with Crippen molar-refractivity contribution < 1.29 is 19.1 Å². The minimum Gasteiger partial charge on any atom is -0.493 e. The highest BCUT2D eigenvalue weighted by Gasteiger charge is 2.19. The molecule has 0 fully saturated rings. The van der Waals surface area contributed by atoms with Crippen molar-refractivity contribution in [1.82, 2.24) is 0 Å². The Morgan fingerprint density at radius 3 is 2.79 bits per heavy atom. The van der Waals surface area contributed by atoms with Gasteiger partial charge >= 0.3 is 5.97 Å². The van der Waals surface area contributed by atoms with Crippen LogP contribution >= 0.6 is 11.6 Å². The SMILES string of the molecule is COc1cc(CC(C)C(=O)O)c(Cl)c2cc(C)oc12. The van der Waals surface area contributed by atoms with E-state index in [4.69, 9.17) is 25.9 Å². The van der Waals surface area contributed by atoms with E-state index in [1.54, 1.807) is 20.1 Å². The number of carbonyl (C=O) groups is 1. The van der Waals surface area contributed by atoms with E-state index in [9.17, 15) is 4.79 Å². The topological polar surface area (TPSA) is 59.7 Å². The van der Waals surface area contributed by atoms with Crippen LogP contribution in [0, 0.1) is 12.8 Å². The monoisotopic (exact) mass is 282 g/mol. The van der Waals surface area contributed by atoms with Gasteiger partial charge in [0, 0.05) is 5.39 Å². The van der Waals surface area contributed by atoms with Gasteiger partial charge in [-0.3, -0.25) is 4.79 Å². The molecule has 1 aromatic heterocycles. The maximum Gasteiger partial charge on any atom is 0.306 e. The number of furan rings is 1. The predicted octanol–water partition coefficient (Wildman–Crippen LogP) is 3.67. The fraction of sp³-hybridized carbons (Fsp3) is 0.357. The summed E-state index contributed by atoms with van der Waals surface area (Å²) in [5, 5.41) is 10.3. The molecule has 1 aromatic carbocycles. The second kappa shape index (κ2) is 5.13. The molecular weight excluding hydrogens is 268 g/mol. The van der Waals surface area contributed by atoms with Crippen molar-refractivity contribution in [2.45, 2.75) is 20.3 Å². The Balaban J connectivity index is 2.55. The number of hydrogen-bond donors (Lipinski definition) is 1. The zero-order valence-corrected chi connectivity index (χ0v) is 11.7. The molecule has 2 aromatic rings. The molecule has 0 spiro atoms. The molecule has 4 nitrogen and oxygen atoms in total. The van der Waals surface area contributed by atoms with Crippen molar-refractivity contribution in [3.05, 3.63) is 28.5 Å². The van der Waals surface area contributed by atoms with Gasteiger partial charge in [-0.15, -0.1) is 0 Å². The molecule has 0 aliphatic rings. The first-order valence-electron chi connectivity index (χ1n) is 5.92. The number of methoxy groups -OCH3 is 1. The fourth-order valence-corrected chi connectivity index (χ4v) is 2.31. The lowest BCUT2D eigenvalue weighted by molar-refractivity contribution is -0.141. The van der Waals surface area contributed by atoms with Gasteiger partial charge in [-0.25, -0.2) is 0 Å². The fourth-order valence-electron chi connectivity index (χ4n) is 2.04. The van der Waals surface area contributed by atoms with Gasteiger partial charge in [0.15, 0.2) is 11.3 Å². The van der Waals surface area contributed by atoms with Gasteiger partial charge in [0.25, 0.3) is 0 Å².